The van der Waals surface area contributed by atoms with Gasteiger partial charge in [0, 0.05) is 19.2 Å². The molecule has 2 fully saturated rings. The van der Waals surface area contributed by atoms with Crippen LogP contribution in [0, 0.1) is 23.7 Å². The monoisotopic (exact) mass is 281 g/mol. The van der Waals surface area contributed by atoms with Crippen molar-refractivity contribution in [3.05, 3.63) is 0 Å². The zero-order chi connectivity index (χ0) is 15.0. The lowest BCUT2D eigenvalue weighted by atomic mass is 9.87. The maximum atomic E-state index is 12.7. The molecule has 1 heterocycles. The molecule has 7 atom stereocenters. The molecular weight excluding hydrogens is 250 g/mol. The van der Waals surface area contributed by atoms with Crippen LogP contribution >= 0.6 is 0 Å². The molecule has 1 saturated heterocycles. The second-order valence-corrected chi connectivity index (χ2v) is 7.12. The minimum Gasteiger partial charge on any atom is -0.381 e. The third-order valence-electron chi connectivity index (χ3n) is 6.02. The lowest BCUT2D eigenvalue weighted by Gasteiger charge is -2.31. The van der Waals surface area contributed by atoms with E-state index in [-0.39, 0.29) is 6.10 Å². The van der Waals surface area contributed by atoms with Crippen molar-refractivity contribution >= 4 is 5.91 Å². The van der Waals surface area contributed by atoms with Crippen LogP contribution in [0.25, 0.3) is 0 Å². The van der Waals surface area contributed by atoms with Crippen molar-refractivity contribution in [1.82, 2.24) is 4.90 Å². The van der Waals surface area contributed by atoms with E-state index in [0.29, 0.717) is 42.2 Å². The Kier molecular flexibility index (Phi) is 4.78. The van der Waals surface area contributed by atoms with Gasteiger partial charge in [0.2, 0.25) is 5.91 Å². The van der Waals surface area contributed by atoms with Gasteiger partial charge in [-0.3, -0.25) is 4.79 Å². The molecule has 0 aromatic heterocycles. The van der Waals surface area contributed by atoms with Crippen molar-refractivity contribution < 1.29 is 9.53 Å². The van der Waals surface area contributed by atoms with Gasteiger partial charge in [-0.1, -0.05) is 34.1 Å². The van der Waals surface area contributed by atoms with Crippen LogP contribution in [0.3, 0.4) is 0 Å². The number of methoxy groups -OCH3 is 1. The van der Waals surface area contributed by atoms with Gasteiger partial charge in [-0.05, 0) is 37.0 Å². The van der Waals surface area contributed by atoms with Gasteiger partial charge in [-0.15, -0.1) is 0 Å². The van der Waals surface area contributed by atoms with E-state index in [1.807, 2.05) is 0 Å². The van der Waals surface area contributed by atoms with Gasteiger partial charge in [0.1, 0.15) is 0 Å². The van der Waals surface area contributed by atoms with Crippen molar-refractivity contribution in [3.63, 3.8) is 0 Å². The largest absolute Gasteiger partial charge is 0.381 e. The minimum absolute atomic E-state index is 0.0535. The molecule has 1 aliphatic carbocycles. The van der Waals surface area contributed by atoms with Gasteiger partial charge >= 0.3 is 0 Å². The normalized spacial score (nSPS) is 36.4. The molecule has 2 rings (SSSR count). The van der Waals surface area contributed by atoms with Crippen LogP contribution in [0.1, 0.15) is 53.9 Å². The molecule has 0 aromatic rings. The van der Waals surface area contributed by atoms with Gasteiger partial charge in [-0.2, -0.15) is 0 Å². The summed E-state index contributed by atoms with van der Waals surface area (Å²) in [6.45, 7) is 11.1. The lowest BCUT2D eigenvalue weighted by Crippen LogP contribution is -2.41. The van der Waals surface area contributed by atoms with E-state index < -0.39 is 0 Å². The Morgan fingerprint density at radius 1 is 1.35 bits per heavy atom. The number of nitrogens with zero attached hydrogens (tertiary/aromatic N) is 1. The molecule has 1 aliphatic heterocycles. The fourth-order valence-electron chi connectivity index (χ4n) is 4.05. The van der Waals surface area contributed by atoms with Gasteiger partial charge < -0.3 is 9.64 Å². The number of likely N-dealkylation sites (tertiary alicyclic amines) is 1. The van der Waals surface area contributed by atoms with Gasteiger partial charge in [-0.25, -0.2) is 0 Å². The summed E-state index contributed by atoms with van der Waals surface area (Å²) in [5, 5.41) is 0. The SMILES string of the molecule is CCC(C)C(C)C(CC(=O)N1C(C)CC2C(C)C21)OC. The summed E-state index contributed by atoms with van der Waals surface area (Å²) in [7, 11) is 1.74. The zero-order valence-corrected chi connectivity index (χ0v) is 13.9. The van der Waals surface area contributed by atoms with E-state index in [1.165, 1.54) is 6.42 Å². The smallest absolute Gasteiger partial charge is 0.225 e. The summed E-state index contributed by atoms with van der Waals surface area (Å²) in [6.07, 6.45) is 2.92. The predicted octanol–water partition coefficient (Wildman–Crippen LogP) is 3.33. The van der Waals surface area contributed by atoms with Crippen LogP contribution in [0.2, 0.25) is 0 Å². The molecule has 0 N–H and O–H groups in total. The first-order valence-corrected chi connectivity index (χ1v) is 8.26. The Morgan fingerprint density at radius 3 is 2.50 bits per heavy atom. The number of hydrogen-bond donors (Lipinski definition) is 0. The first-order chi connectivity index (χ1) is 9.42. The zero-order valence-electron chi connectivity index (χ0n) is 13.9. The van der Waals surface area contributed by atoms with Crippen LogP contribution in [0.4, 0.5) is 0 Å². The Hall–Kier alpha value is -0.570. The summed E-state index contributed by atoms with van der Waals surface area (Å²) in [5.74, 6) is 2.80. The Bertz CT molecular complexity index is 357. The maximum absolute atomic E-state index is 12.7. The summed E-state index contributed by atoms with van der Waals surface area (Å²) < 4.78 is 5.63. The Balaban J connectivity index is 1.95. The molecule has 0 radical (unpaired) electrons. The molecule has 0 aromatic carbocycles. The highest BCUT2D eigenvalue weighted by molar-refractivity contribution is 5.78. The number of ether oxygens (including phenoxy) is 1. The number of carbonyl (C=O) groups is 1. The fraction of sp³-hybridized carbons (Fsp3) is 0.941. The highest BCUT2D eigenvalue weighted by Crippen LogP contribution is 2.53. The van der Waals surface area contributed by atoms with Crippen molar-refractivity contribution in [2.24, 2.45) is 23.7 Å². The molecule has 20 heavy (non-hydrogen) atoms. The van der Waals surface area contributed by atoms with Crippen LogP contribution in [-0.4, -0.2) is 36.1 Å². The molecule has 3 nitrogen and oxygen atoms in total. The fourth-order valence-corrected chi connectivity index (χ4v) is 4.05. The van der Waals surface area contributed by atoms with Crippen LogP contribution in [0.5, 0.6) is 0 Å². The first-order valence-electron chi connectivity index (χ1n) is 8.26. The van der Waals surface area contributed by atoms with Crippen LogP contribution in [-0.2, 0) is 9.53 Å². The molecule has 1 saturated carbocycles. The van der Waals surface area contributed by atoms with E-state index in [4.69, 9.17) is 4.74 Å². The third kappa shape index (κ3) is 2.74. The van der Waals surface area contributed by atoms with E-state index in [9.17, 15) is 4.79 Å². The van der Waals surface area contributed by atoms with E-state index >= 15 is 0 Å². The topological polar surface area (TPSA) is 29.5 Å². The molecule has 0 spiro atoms. The standard InChI is InChI=1S/C17H31NO2/c1-7-10(2)12(4)15(20-6)9-16(19)18-11(3)8-14-13(5)17(14)18/h10-15,17H,7-9H2,1-6H3. The molecule has 2 aliphatic rings. The summed E-state index contributed by atoms with van der Waals surface area (Å²) >= 11 is 0. The van der Waals surface area contributed by atoms with Gasteiger partial charge in [0.05, 0.1) is 12.5 Å². The summed E-state index contributed by atoms with van der Waals surface area (Å²) in [6, 6.07) is 0.944. The number of piperidine rings is 1. The van der Waals surface area contributed by atoms with E-state index in [1.54, 1.807) is 7.11 Å². The maximum Gasteiger partial charge on any atom is 0.225 e. The van der Waals surface area contributed by atoms with Crippen LogP contribution in [0.15, 0.2) is 0 Å². The molecular formula is C17H31NO2. The predicted molar refractivity (Wildman–Crippen MR) is 81.4 cm³/mol. The van der Waals surface area contributed by atoms with E-state index in [0.717, 1.165) is 12.3 Å². The van der Waals surface area contributed by atoms with Crippen molar-refractivity contribution in [3.8, 4) is 0 Å². The summed E-state index contributed by atoms with van der Waals surface area (Å²) in [4.78, 5) is 14.8. The Morgan fingerprint density at radius 2 is 2.00 bits per heavy atom. The van der Waals surface area contributed by atoms with E-state index in [2.05, 4.69) is 39.5 Å². The number of amides is 1. The first kappa shape index (κ1) is 15.8. The number of rotatable bonds is 6. The molecule has 7 unspecified atom stereocenters. The van der Waals surface area contributed by atoms with Crippen LogP contribution < -0.4 is 0 Å². The highest BCUT2D eigenvalue weighted by atomic mass is 16.5. The van der Waals surface area contributed by atoms with Crippen molar-refractivity contribution in [2.75, 3.05) is 7.11 Å². The third-order valence-corrected chi connectivity index (χ3v) is 6.02. The quantitative estimate of drug-likeness (QED) is 0.747. The molecule has 116 valence electrons. The van der Waals surface area contributed by atoms with Gasteiger partial charge in [0.15, 0.2) is 0 Å². The van der Waals surface area contributed by atoms with Gasteiger partial charge in [0.25, 0.3) is 0 Å². The number of hydrogen-bond acceptors (Lipinski definition) is 2. The molecule has 0 bridgehead atoms. The Labute approximate surface area is 124 Å². The second-order valence-electron chi connectivity index (χ2n) is 7.12. The summed E-state index contributed by atoms with van der Waals surface area (Å²) in [5.41, 5.74) is 0. The molecule has 3 heteroatoms. The highest BCUT2D eigenvalue weighted by Gasteiger charge is 2.58. The van der Waals surface area contributed by atoms with Crippen molar-refractivity contribution in [1.29, 1.82) is 0 Å². The average Bonchev–Trinajstić information content (AvgIpc) is 2.88. The lowest BCUT2D eigenvalue weighted by molar-refractivity contribution is -0.137. The minimum atomic E-state index is 0.0535. The second kappa shape index (κ2) is 6.05. The number of fused-ring (bicyclic) bond motifs is 1. The number of carbonyl (C=O) groups excluding carboxylic acids is 1. The average molecular weight is 281 g/mol. The van der Waals surface area contributed by atoms with Crippen molar-refractivity contribution in [2.45, 2.75) is 72.1 Å². The molecule has 1 amide bonds.